The number of nitrogens with zero attached hydrogens (tertiary/aromatic N) is 2. The van der Waals surface area contributed by atoms with Crippen molar-refractivity contribution in [3.63, 3.8) is 0 Å². The van der Waals surface area contributed by atoms with Gasteiger partial charge in [-0.15, -0.1) is 0 Å². The molecule has 22 heavy (non-hydrogen) atoms. The smallest absolute Gasteiger partial charge is 0.281 e. The molecule has 0 radical (unpaired) electrons. The van der Waals surface area contributed by atoms with Crippen molar-refractivity contribution in [2.24, 2.45) is 17.8 Å². The van der Waals surface area contributed by atoms with Gasteiger partial charge in [-0.3, -0.25) is 4.79 Å². The zero-order valence-corrected chi connectivity index (χ0v) is 14.3. The van der Waals surface area contributed by atoms with E-state index in [9.17, 15) is 13.2 Å². The molecule has 1 aliphatic heterocycles. The molecule has 1 N–H and O–H groups in total. The monoisotopic (exact) mass is 329 g/mol. The molecule has 126 valence electrons. The minimum Gasteiger partial charge on any atom is -0.353 e. The molecule has 2 saturated carbocycles. The molecule has 3 aliphatic rings. The van der Waals surface area contributed by atoms with Crippen LogP contribution in [0.4, 0.5) is 0 Å². The zero-order chi connectivity index (χ0) is 15.9. The van der Waals surface area contributed by atoms with Crippen LogP contribution in [-0.2, 0) is 15.0 Å². The Kier molecular flexibility index (Phi) is 4.49. The summed E-state index contributed by atoms with van der Waals surface area (Å²) >= 11 is 0. The third-order valence-corrected chi connectivity index (χ3v) is 7.52. The SMILES string of the molecule is CN(C)S(=O)(=O)N1CCC[C@H](C(=O)N[C@@H]2C[C@H]3CC[C@H]2C3)C1. The van der Waals surface area contributed by atoms with Gasteiger partial charge in [-0.05, 0) is 43.9 Å². The highest BCUT2D eigenvalue weighted by atomic mass is 32.2. The highest BCUT2D eigenvalue weighted by Gasteiger charge is 2.41. The fraction of sp³-hybridized carbons (Fsp3) is 0.933. The number of nitrogens with one attached hydrogen (secondary N) is 1. The summed E-state index contributed by atoms with van der Waals surface area (Å²) in [5, 5.41) is 3.21. The summed E-state index contributed by atoms with van der Waals surface area (Å²) in [6.07, 6.45) is 6.46. The molecule has 3 rings (SSSR count). The molecule has 7 heteroatoms. The Bertz CT molecular complexity index is 534. The van der Waals surface area contributed by atoms with Gasteiger partial charge in [0.15, 0.2) is 0 Å². The van der Waals surface area contributed by atoms with Crippen LogP contribution in [0.15, 0.2) is 0 Å². The topological polar surface area (TPSA) is 69.7 Å². The van der Waals surface area contributed by atoms with Gasteiger partial charge in [0, 0.05) is 33.2 Å². The number of fused-ring (bicyclic) bond motifs is 2. The van der Waals surface area contributed by atoms with Crippen LogP contribution in [0.1, 0.15) is 38.5 Å². The van der Waals surface area contributed by atoms with Crippen molar-refractivity contribution in [1.29, 1.82) is 0 Å². The van der Waals surface area contributed by atoms with Crippen LogP contribution in [0.25, 0.3) is 0 Å². The largest absolute Gasteiger partial charge is 0.353 e. The normalized spacial score (nSPS) is 36.0. The molecule has 0 aromatic carbocycles. The molecule has 0 aromatic rings. The predicted octanol–water partition coefficient (Wildman–Crippen LogP) is 0.810. The molecule has 0 unspecified atom stereocenters. The van der Waals surface area contributed by atoms with Gasteiger partial charge in [-0.2, -0.15) is 17.0 Å². The Morgan fingerprint density at radius 1 is 1.18 bits per heavy atom. The van der Waals surface area contributed by atoms with Gasteiger partial charge in [0.1, 0.15) is 0 Å². The number of amides is 1. The molecule has 0 spiro atoms. The van der Waals surface area contributed by atoms with Crippen LogP contribution in [0, 0.1) is 17.8 Å². The first-order chi connectivity index (χ1) is 10.4. The van der Waals surface area contributed by atoms with Crippen molar-refractivity contribution >= 4 is 16.1 Å². The third kappa shape index (κ3) is 3.03. The highest BCUT2D eigenvalue weighted by Crippen LogP contribution is 2.44. The number of hydrogen-bond acceptors (Lipinski definition) is 3. The first kappa shape index (κ1) is 16.2. The van der Waals surface area contributed by atoms with Gasteiger partial charge < -0.3 is 5.32 Å². The number of carbonyl (C=O) groups is 1. The van der Waals surface area contributed by atoms with Crippen LogP contribution in [0.5, 0.6) is 0 Å². The predicted molar refractivity (Wildman–Crippen MR) is 84.3 cm³/mol. The quantitative estimate of drug-likeness (QED) is 0.830. The lowest BCUT2D eigenvalue weighted by Gasteiger charge is -2.34. The average molecular weight is 329 g/mol. The second-order valence-electron chi connectivity index (χ2n) is 7.28. The lowest BCUT2D eigenvalue weighted by Crippen LogP contribution is -2.50. The van der Waals surface area contributed by atoms with Crippen molar-refractivity contribution in [2.75, 3.05) is 27.2 Å². The van der Waals surface area contributed by atoms with E-state index in [1.165, 1.54) is 42.0 Å². The van der Waals surface area contributed by atoms with Gasteiger partial charge in [0.25, 0.3) is 10.2 Å². The van der Waals surface area contributed by atoms with E-state index >= 15 is 0 Å². The van der Waals surface area contributed by atoms with Crippen molar-refractivity contribution in [3.05, 3.63) is 0 Å². The van der Waals surface area contributed by atoms with Gasteiger partial charge in [0.05, 0.1) is 5.92 Å². The number of hydrogen-bond donors (Lipinski definition) is 1. The second kappa shape index (κ2) is 6.09. The molecule has 3 fully saturated rings. The summed E-state index contributed by atoms with van der Waals surface area (Å²) in [4.78, 5) is 12.5. The minimum absolute atomic E-state index is 0.0520. The second-order valence-corrected chi connectivity index (χ2v) is 9.42. The van der Waals surface area contributed by atoms with E-state index in [1.807, 2.05) is 0 Å². The maximum atomic E-state index is 12.5. The van der Waals surface area contributed by atoms with Crippen LogP contribution < -0.4 is 5.32 Å². The van der Waals surface area contributed by atoms with Crippen molar-refractivity contribution < 1.29 is 13.2 Å². The van der Waals surface area contributed by atoms with Crippen LogP contribution in [0.3, 0.4) is 0 Å². The number of carbonyl (C=O) groups excluding carboxylic acids is 1. The van der Waals surface area contributed by atoms with Gasteiger partial charge >= 0.3 is 0 Å². The molecule has 2 bridgehead atoms. The van der Waals surface area contributed by atoms with Gasteiger partial charge in [-0.25, -0.2) is 0 Å². The van der Waals surface area contributed by atoms with Gasteiger partial charge in [0.2, 0.25) is 5.91 Å². The third-order valence-electron chi connectivity index (χ3n) is 5.61. The first-order valence-electron chi connectivity index (χ1n) is 8.36. The summed E-state index contributed by atoms with van der Waals surface area (Å²) in [6, 6.07) is 0.326. The van der Waals surface area contributed by atoms with E-state index in [-0.39, 0.29) is 11.8 Å². The van der Waals surface area contributed by atoms with Crippen molar-refractivity contribution in [2.45, 2.75) is 44.6 Å². The Morgan fingerprint density at radius 3 is 2.55 bits per heavy atom. The van der Waals surface area contributed by atoms with Crippen LogP contribution in [-0.4, -0.2) is 56.2 Å². The molecule has 1 saturated heterocycles. The van der Waals surface area contributed by atoms with E-state index in [1.54, 1.807) is 0 Å². The van der Waals surface area contributed by atoms with Crippen molar-refractivity contribution in [3.8, 4) is 0 Å². The molecule has 2 aliphatic carbocycles. The highest BCUT2D eigenvalue weighted by molar-refractivity contribution is 7.86. The molecule has 1 amide bonds. The number of piperidine rings is 1. The first-order valence-corrected chi connectivity index (χ1v) is 9.75. The van der Waals surface area contributed by atoms with E-state index < -0.39 is 10.2 Å². The van der Waals surface area contributed by atoms with Gasteiger partial charge in [-0.1, -0.05) is 6.42 Å². The number of rotatable bonds is 4. The summed E-state index contributed by atoms with van der Waals surface area (Å²) in [5.74, 6) is 1.30. The molecule has 0 aromatic heterocycles. The van der Waals surface area contributed by atoms with Crippen LogP contribution in [0.2, 0.25) is 0 Å². The minimum atomic E-state index is -3.42. The zero-order valence-electron chi connectivity index (χ0n) is 13.5. The summed E-state index contributed by atoms with van der Waals surface area (Å²) in [7, 11) is -0.343. The maximum absolute atomic E-state index is 12.5. The van der Waals surface area contributed by atoms with E-state index in [2.05, 4.69) is 5.32 Å². The van der Waals surface area contributed by atoms with E-state index in [4.69, 9.17) is 0 Å². The Hall–Kier alpha value is -0.660. The van der Waals surface area contributed by atoms with Crippen LogP contribution >= 0.6 is 0 Å². The average Bonchev–Trinajstić information content (AvgIpc) is 3.09. The van der Waals surface area contributed by atoms with E-state index in [0.717, 1.165) is 25.2 Å². The Morgan fingerprint density at radius 2 is 1.95 bits per heavy atom. The molecule has 4 atom stereocenters. The Labute approximate surface area is 133 Å². The fourth-order valence-corrected chi connectivity index (χ4v) is 5.51. The fourth-order valence-electron chi connectivity index (χ4n) is 4.32. The molecule has 1 heterocycles. The summed E-state index contributed by atoms with van der Waals surface area (Å²) in [5.41, 5.74) is 0. The summed E-state index contributed by atoms with van der Waals surface area (Å²) < 4.78 is 27.1. The Balaban J connectivity index is 1.59. The lowest BCUT2D eigenvalue weighted by atomic mass is 9.93. The van der Waals surface area contributed by atoms with E-state index in [0.29, 0.717) is 25.0 Å². The molecular formula is C15H27N3O3S. The van der Waals surface area contributed by atoms with Crippen molar-refractivity contribution in [1.82, 2.24) is 13.9 Å². The standard InChI is InChI=1S/C15H27N3O3S/c1-17(2)22(20,21)18-7-3-4-13(10-18)15(19)16-14-9-11-5-6-12(14)8-11/h11-14H,3-10H2,1-2H3,(H,16,19)/t11-,12-,13-,14+/m0/s1. The molecular weight excluding hydrogens is 302 g/mol. The molecule has 6 nitrogen and oxygen atoms in total. The maximum Gasteiger partial charge on any atom is 0.281 e. The summed E-state index contributed by atoms with van der Waals surface area (Å²) in [6.45, 7) is 0.825. The lowest BCUT2D eigenvalue weighted by molar-refractivity contribution is -0.127.